The van der Waals surface area contributed by atoms with Gasteiger partial charge in [-0.05, 0) is 26.0 Å². The number of hydrogen-bond donors (Lipinski definition) is 1. The molecule has 108 valence electrons. The summed E-state index contributed by atoms with van der Waals surface area (Å²) in [7, 11) is -2.49. The van der Waals surface area contributed by atoms with Crippen molar-refractivity contribution in [2.45, 2.75) is 31.7 Å². The number of nitrogen functional groups attached to an aromatic ring is 1. The summed E-state index contributed by atoms with van der Waals surface area (Å²) in [6.07, 6.45) is 0. The number of nitrogens with two attached hydrogens (primary N) is 1. The van der Waals surface area contributed by atoms with Crippen molar-refractivity contribution in [2.24, 2.45) is 0 Å². The monoisotopic (exact) mass is 290 g/mol. The highest BCUT2D eigenvalue weighted by molar-refractivity contribution is 7.89. The lowest BCUT2D eigenvalue weighted by Crippen LogP contribution is -2.36. The highest BCUT2D eigenvalue weighted by atomic mass is 32.2. The Morgan fingerprint density at radius 1 is 1.42 bits per heavy atom. The number of benzene rings is 1. The van der Waals surface area contributed by atoms with E-state index in [2.05, 4.69) is 0 Å². The highest BCUT2D eigenvalue weighted by Gasteiger charge is 2.27. The molecule has 0 saturated heterocycles. The van der Waals surface area contributed by atoms with E-state index in [0.29, 0.717) is 6.54 Å². The van der Waals surface area contributed by atoms with E-state index in [4.69, 9.17) is 10.5 Å². The van der Waals surface area contributed by atoms with Gasteiger partial charge in [-0.15, -0.1) is 0 Å². The Bertz CT molecular complexity index is 535. The maximum Gasteiger partial charge on any atom is 0.243 e. The number of nitrogens with zero attached hydrogens (tertiary/aromatic N) is 1. The van der Waals surface area contributed by atoms with Gasteiger partial charge in [-0.3, -0.25) is 0 Å². The number of methoxy groups -OCH3 is 1. The minimum atomic E-state index is -3.76. The molecule has 2 N–H and O–H groups in total. The second-order valence-corrected chi connectivity index (χ2v) is 6.22. The summed E-state index contributed by atoms with van der Waals surface area (Å²) in [5.74, 6) is -0.938. The minimum absolute atomic E-state index is 0.0408. The summed E-state index contributed by atoms with van der Waals surface area (Å²) >= 11 is 0. The Kier molecular flexibility index (Phi) is 4.75. The molecule has 1 rings (SSSR count). The van der Waals surface area contributed by atoms with Crippen LogP contribution in [0.2, 0.25) is 0 Å². The summed E-state index contributed by atoms with van der Waals surface area (Å²) in [5.41, 5.74) is 5.56. The predicted octanol–water partition coefficient (Wildman–Crippen LogP) is 1.84. The van der Waals surface area contributed by atoms with Gasteiger partial charge in [0.2, 0.25) is 10.0 Å². The molecule has 0 aliphatic rings. The van der Waals surface area contributed by atoms with E-state index in [1.165, 1.54) is 17.5 Å². The third-order valence-corrected chi connectivity index (χ3v) is 4.87. The van der Waals surface area contributed by atoms with Crippen molar-refractivity contribution in [1.82, 2.24) is 4.31 Å². The van der Waals surface area contributed by atoms with Gasteiger partial charge in [-0.2, -0.15) is 4.31 Å². The number of ether oxygens (including phenoxy) is 1. The quantitative estimate of drug-likeness (QED) is 0.840. The van der Waals surface area contributed by atoms with E-state index in [-0.39, 0.29) is 22.4 Å². The third kappa shape index (κ3) is 2.98. The zero-order valence-corrected chi connectivity index (χ0v) is 12.3. The summed E-state index contributed by atoms with van der Waals surface area (Å²) in [5, 5.41) is 0. The zero-order chi connectivity index (χ0) is 14.8. The van der Waals surface area contributed by atoms with E-state index in [1.54, 1.807) is 20.8 Å². The van der Waals surface area contributed by atoms with Crippen LogP contribution in [0.5, 0.6) is 5.75 Å². The fourth-order valence-electron chi connectivity index (χ4n) is 1.90. The average Bonchev–Trinajstić information content (AvgIpc) is 2.28. The van der Waals surface area contributed by atoms with Gasteiger partial charge >= 0.3 is 0 Å². The molecular formula is C12H19FN2O3S. The number of rotatable bonds is 5. The van der Waals surface area contributed by atoms with Gasteiger partial charge in [0.1, 0.15) is 0 Å². The lowest BCUT2D eigenvalue weighted by molar-refractivity contribution is 0.367. The van der Waals surface area contributed by atoms with Crippen LogP contribution >= 0.6 is 0 Å². The molecule has 0 unspecified atom stereocenters. The smallest absolute Gasteiger partial charge is 0.243 e. The standard InChI is InChI=1S/C12H19FN2O3S/c1-5-15(8(2)3)19(16,17)9-6-10(13)12(18-4)11(14)7-9/h6-8H,5,14H2,1-4H3. The second kappa shape index (κ2) is 5.75. The fourth-order valence-corrected chi connectivity index (χ4v) is 3.60. The first-order valence-corrected chi connectivity index (χ1v) is 7.34. The van der Waals surface area contributed by atoms with Gasteiger partial charge in [0.25, 0.3) is 0 Å². The molecule has 0 heterocycles. The molecule has 0 aromatic heterocycles. The van der Waals surface area contributed by atoms with Crippen LogP contribution in [0, 0.1) is 5.82 Å². The van der Waals surface area contributed by atoms with Gasteiger partial charge in [0.15, 0.2) is 11.6 Å². The lowest BCUT2D eigenvalue weighted by Gasteiger charge is -2.24. The normalized spacial score (nSPS) is 12.2. The van der Waals surface area contributed by atoms with Crippen LogP contribution in [-0.4, -0.2) is 32.4 Å². The van der Waals surface area contributed by atoms with Crippen LogP contribution < -0.4 is 10.5 Å². The summed E-state index contributed by atoms with van der Waals surface area (Å²) in [4.78, 5) is -0.168. The van der Waals surface area contributed by atoms with Gasteiger partial charge in [0.05, 0.1) is 17.7 Å². The van der Waals surface area contributed by atoms with Gasteiger partial charge in [0, 0.05) is 12.6 Å². The summed E-state index contributed by atoms with van der Waals surface area (Å²) in [6, 6.07) is 1.92. The van der Waals surface area contributed by atoms with Gasteiger partial charge < -0.3 is 10.5 Å². The van der Waals surface area contributed by atoms with Crippen LogP contribution in [0.3, 0.4) is 0 Å². The first kappa shape index (κ1) is 15.7. The first-order chi connectivity index (χ1) is 8.75. The van der Waals surface area contributed by atoms with Gasteiger partial charge in [-0.25, -0.2) is 12.8 Å². The Morgan fingerprint density at radius 2 is 2.00 bits per heavy atom. The number of sulfonamides is 1. The summed E-state index contributed by atoms with van der Waals surface area (Å²) in [6.45, 7) is 5.53. The van der Waals surface area contributed by atoms with Crippen LogP contribution in [0.4, 0.5) is 10.1 Å². The molecule has 0 aliphatic heterocycles. The molecule has 0 bridgehead atoms. The highest BCUT2D eigenvalue weighted by Crippen LogP contribution is 2.30. The molecule has 0 aliphatic carbocycles. The topological polar surface area (TPSA) is 72.6 Å². The predicted molar refractivity (Wildman–Crippen MR) is 72.1 cm³/mol. The van der Waals surface area contributed by atoms with Crippen molar-refractivity contribution in [1.29, 1.82) is 0 Å². The SMILES string of the molecule is CCN(C(C)C)S(=O)(=O)c1cc(N)c(OC)c(F)c1. The molecule has 0 amide bonds. The van der Waals surface area contributed by atoms with E-state index >= 15 is 0 Å². The number of hydrogen-bond acceptors (Lipinski definition) is 4. The molecule has 0 saturated carbocycles. The lowest BCUT2D eigenvalue weighted by atomic mass is 10.3. The molecule has 0 radical (unpaired) electrons. The molecule has 0 spiro atoms. The van der Waals surface area contributed by atoms with Crippen LogP contribution in [0.25, 0.3) is 0 Å². The first-order valence-electron chi connectivity index (χ1n) is 5.90. The molecule has 7 heteroatoms. The van der Waals surface area contributed by atoms with Crippen molar-refractivity contribution in [3.05, 3.63) is 17.9 Å². The van der Waals surface area contributed by atoms with E-state index in [0.717, 1.165) is 6.07 Å². The average molecular weight is 290 g/mol. The molecular weight excluding hydrogens is 271 g/mol. The maximum absolute atomic E-state index is 13.7. The second-order valence-electron chi connectivity index (χ2n) is 4.33. The van der Waals surface area contributed by atoms with Crippen LogP contribution in [0.15, 0.2) is 17.0 Å². The Labute approximate surface area is 113 Å². The van der Waals surface area contributed by atoms with Crippen molar-refractivity contribution in [3.8, 4) is 5.75 Å². The minimum Gasteiger partial charge on any atom is -0.492 e. The van der Waals surface area contributed by atoms with Crippen molar-refractivity contribution < 1.29 is 17.5 Å². The molecule has 0 fully saturated rings. The third-order valence-electron chi connectivity index (χ3n) is 2.74. The van der Waals surface area contributed by atoms with Gasteiger partial charge in [-0.1, -0.05) is 6.92 Å². The van der Waals surface area contributed by atoms with E-state index in [1.807, 2.05) is 0 Å². The number of halogens is 1. The molecule has 19 heavy (non-hydrogen) atoms. The van der Waals surface area contributed by atoms with Crippen LogP contribution in [0.1, 0.15) is 20.8 Å². The van der Waals surface area contributed by atoms with Crippen LogP contribution in [-0.2, 0) is 10.0 Å². The van der Waals surface area contributed by atoms with E-state index < -0.39 is 15.8 Å². The molecule has 1 aromatic rings. The maximum atomic E-state index is 13.7. The van der Waals surface area contributed by atoms with Crippen molar-refractivity contribution >= 4 is 15.7 Å². The summed E-state index contributed by atoms with van der Waals surface area (Å²) < 4.78 is 44.5. The molecule has 0 atom stereocenters. The Hall–Kier alpha value is -1.34. The Balaban J connectivity index is 3.38. The zero-order valence-electron chi connectivity index (χ0n) is 11.5. The Morgan fingerprint density at radius 3 is 2.37 bits per heavy atom. The largest absolute Gasteiger partial charge is 0.492 e. The number of anilines is 1. The fraction of sp³-hybridized carbons (Fsp3) is 0.500. The molecule has 1 aromatic carbocycles. The van der Waals surface area contributed by atoms with Crippen molar-refractivity contribution in [3.63, 3.8) is 0 Å². The van der Waals surface area contributed by atoms with E-state index in [9.17, 15) is 12.8 Å². The van der Waals surface area contributed by atoms with Crippen molar-refractivity contribution in [2.75, 3.05) is 19.4 Å². The molecule has 5 nitrogen and oxygen atoms in total.